The monoisotopic (exact) mass is 464 g/mol. The molecule has 1 aliphatic heterocycles. The highest BCUT2D eigenvalue weighted by atomic mass is 16.5. The lowest BCUT2D eigenvalue weighted by Crippen LogP contribution is -2.47. The number of Topliss-reactive ketones (excluding diaryl/α,β-unsaturated/α-hetero) is 1. The molecule has 2 atom stereocenters. The molecule has 9 nitrogen and oxygen atoms in total. The van der Waals surface area contributed by atoms with Crippen LogP contribution in [-0.4, -0.2) is 65.0 Å². The van der Waals surface area contributed by atoms with Crippen LogP contribution in [0.3, 0.4) is 0 Å². The molecule has 0 aromatic carbocycles. The van der Waals surface area contributed by atoms with Crippen molar-refractivity contribution >= 4 is 17.6 Å². The van der Waals surface area contributed by atoms with Crippen LogP contribution in [0.2, 0.25) is 0 Å². The number of aryl methyl sites for hydroxylation is 1. The van der Waals surface area contributed by atoms with Gasteiger partial charge in [-0.05, 0) is 30.6 Å². The molecule has 9 heteroatoms. The molecule has 0 radical (unpaired) electrons. The van der Waals surface area contributed by atoms with E-state index in [4.69, 9.17) is 9.26 Å². The fourth-order valence-electron chi connectivity index (χ4n) is 4.56. The highest BCUT2D eigenvalue weighted by molar-refractivity contribution is 5.99. The Morgan fingerprint density at radius 1 is 1.12 bits per heavy atom. The van der Waals surface area contributed by atoms with E-state index >= 15 is 0 Å². The molecular formula is C24H40N4O5. The van der Waals surface area contributed by atoms with Crippen molar-refractivity contribution in [3.05, 3.63) is 11.7 Å². The first kappa shape index (κ1) is 27.0. The number of aromatic nitrogens is 2. The van der Waals surface area contributed by atoms with Gasteiger partial charge in [0, 0.05) is 31.8 Å². The standard InChI is InChI=1S/C24H40N4O5/c1-7-18(21(30)22-26-19(8-2)33-27-22)25-23(31)17(15-24(5,6)14-16(3)4)13-20(29)28-9-11-32-12-10-28/h16-18H,7-15H2,1-6H3,(H,25,31)/t17-,18-/m0/s1. The van der Waals surface area contributed by atoms with Gasteiger partial charge in [-0.2, -0.15) is 4.98 Å². The van der Waals surface area contributed by atoms with Crippen LogP contribution < -0.4 is 5.32 Å². The van der Waals surface area contributed by atoms with Gasteiger partial charge in [0.15, 0.2) is 0 Å². The summed E-state index contributed by atoms with van der Waals surface area (Å²) in [6.45, 7) is 14.3. The van der Waals surface area contributed by atoms with Gasteiger partial charge in [0.2, 0.25) is 29.3 Å². The maximum absolute atomic E-state index is 13.4. The van der Waals surface area contributed by atoms with Crippen LogP contribution in [0, 0.1) is 17.3 Å². The molecule has 2 heterocycles. The van der Waals surface area contributed by atoms with E-state index in [0.29, 0.717) is 57.4 Å². The minimum absolute atomic E-state index is 0.0277. The summed E-state index contributed by atoms with van der Waals surface area (Å²) in [4.78, 5) is 45.1. The van der Waals surface area contributed by atoms with Crippen molar-refractivity contribution in [1.29, 1.82) is 0 Å². The lowest BCUT2D eigenvalue weighted by molar-refractivity contribution is -0.140. The molecule has 33 heavy (non-hydrogen) atoms. The van der Waals surface area contributed by atoms with Gasteiger partial charge in [0.1, 0.15) is 0 Å². The fraction of sp³-hybridized carbons (Fsp3) is 0.792. The van der Waals surface area contributed by atoms with Crippen molar-refractivity contribution in [3.8, 4) is 0 Å². The number of nitrogens with zero attached hydrogens (tertiary/aromatic N) is 3. The maximum Gasteiger partial charge on any atom is 0.240 e. The van der Waals surface area contributed by atoms with Crippen molar-refractivity contribution in [2.75, 3.05) is 26.3 Å². The van der Waals surface area contributed by atoms with Gasteiger partial charge in [-0.25, -0.2) is 0 Å². The summed E-state index contributed by atoms with van der Waals surface area (Å²) in [5.41, 5.74) is -0.128. The van der Waals surface area contributed by atoms with Crippen molar-refractivity contribution < 1.29 is 23.6 Å². The molecule has 186 valence electrons. The smallest absolute Gasteiger partial charge is 0.240 e. The van der Waals surface area contributed by atoms with Crippen LogP contribution in [0.5, 0.6) is 0 Å². The largest absolute Gasteiger partial charge is 0.378 e. The van der Waals surface area contributed by atoms with Gasteiger partial charge in [-0.1, -0.05) is 46.7 Å². The summed E-state index contributed by atoms with van der Waals surface area (Å²) >= 11 is 0. The van der Waals surface area contributed by atoms with Gasteiger partial charge in [0.25, 0.3) is 0 Å². The van der Waals surface area contributed by atoms with Crippen LogP contribution in [0.15, 0.2) is 4.52 Å². The van der Waals surface area contributed by atoms with E-state index in [1.165, 1.54) is 0 Å². The number of carbonyl (C=O) groups is 3. The third-order valence-corrected chi connectivity index (χ3v) is 5.95. The van der Waals surface area contributed by atoms with Crippen LogP contribution in [0.25, 0.3) is 0 Å². The van der Waals surface area contributed by atoms with E-state index in [0.717, 1.165) is 6.42 Å². The molecule has 0 saturated carbocycles. The minimum Gasteiger partial charge on any atom is -0.378 e. The summed E-state index contributed by atoms with van der Waals surface area (Å²) in [7, 11) is 0. The molecule has 2 rings (SSSR count). The van der Waals surface area contributed by atoms with Crippen molar-refractivity contribution in [3.63, 3.8) is 0 Å². The molecule has 1 aliphatic rings. The lowest BCUT2D eigenvalue weighted by Gasteiger charge is -2.33. The quantitative estimate of drug-likeness (QED) is 0.473. The first-order chi connectivity index (χ1) is 15.6. The van der Waals surface area contributed by atoms with Crippen molar-refractivity contribution in [2.24, 2.45) is 17.3 Å². The number of ketones is 1. The molecule has 0 unspecified atom stereocenters. The maximum atomic E-state index is 13.4. The number of ether oxygens (including phenoxy) is 1. The summed E-state index contributed by atoms with van der Waals surface area (Å²) in [6.07, 6.45) is 2.52. The third kappa shape index (κ3) is 8.21. The second-order valence-electron chi connectivity index (χ2n) is 10.1. The molecule has 1 fully saturated rings. The first-order valence-electron chi connectivity index (χ1n) is 12.1. The number of hydrogen-bond donors (Lipinski definition) is 1. The van der Waals surface area contributed by atoms with E-state index < -0.39 is 12.0 Å². The molecule has 1 aromatic heterocycles. The Morgan fingerprint density at radius 2 is 1.79 bits per heavy atom. The number of amides is 2. The second-order valence-corrected chi connectivity index (χ2v) is 10.1. The zero-order chi connectivity index (χ0) is 24.6. The Morgan fingerprint density at radius 3 is 2.33 bits per heavy atom. The van der Waals surface area contributed by atoms with Crippen LogP contribution in [0.4, 0.5) is 0 Å². The molecular weight excluding hydrogens is 424 g/mol. The zero-order valence-corrected chi connectivity index (χ0v) is 21.0. The number of nitrogens with one attached hydrogen (secondary N) is 1. The average molecular weight is 465 g/mol. The Balaban J connectivity index is 2.15. The predicted molar refractivity (Wildman–Crippen MR) is 124 cm³/mol. The number of carbonyl (C=O) groups excluding carboxylic acids is 3. The van der Waals surface area contributed by atoms with E-state index in [2.05, 4.69) is 43.2 Å². The SMILES string of the molecule is CCc1nc(C(=O)[C@H](CC)NC(=O)[C@@H](CC(=O)N2CCOCC2)CC(C)(C)CC(C)C)no1. The molecule has 0 spiro atoms. The molecule has 1 saturated heterocycles. The summed E-state index contributed by atoms with van der Waals surface area (Å²) in [5.74, 6) is -0.433. The van der Waals surface area contributed by atoms with Crippen molar-refractivity contribution in [1.82, 2.24) is 20.4 Å². The average Bonchev–Trinajstić information content (AvgIpc) is 3.25. The Kier molecular flexibility index (Phi) is 10.0. The normalized spacial score (nSPS) is 16.5. The fourth-order valence-corrected chi connectivity index (χ4v) is 4.56. The summed E-state index contributed by atoms with van der Waals surface area (Å²) in [6, 6.07) is -0.769. The molecule has 0 bridgehead atoms. The molecule has 1 aromatic rings. The highest BCUT2D eigenvalue weighted by Crippen LogP contribution is 2.34. The van der Waals surface area contributed by atoms with Gasteiger partial charge in [-0.15, -0.1) is 0 Å². The van der Waals surface area contributed by atoms with Gasteiger partial charge < -0.3 is 19.5 Å². The van der Waals surface area contributed by atoms with E-state index in [1.54, 1.807) is 4.90 Å². The van der Waals surface area contributed by atoms with Crippen LogP contribution in [-0.2, 0) is 20.7 Å². The summed E-state index contributed by atoms with van der Waals surface area (Å²) in [5, 5.41) is 6.62. The Hall–Kier alpha value is -2.29. The molecule has 1 N–H and O–H groups in total. The van der Waals surface area contributed by atoms with Crippen LogP contribution >= 0.6 is 0 Å². The minimum atomic E-state index is -0.769. The zero-order valence-electron chi connectivity index (χ0n) is 21.0. The number of rotatable bonds is 12. The third-order valence-electron chi connectivity index (χ3n) is 5.95. The number of morpholine rings is 1. The lowest BCUT2D eigenvalue weighted by atomic mass is 9.75. The molecule has 0 aliphatic carbocycles. The Labute approximate surface area is 197 Å². The van der Waals surface area contributed by atoms with Gasteiger partial charge in [0.05, 0.1) is 19.3 Å². The number of hydrogen-bond acceptors (Lipinski definition) is 7. The predicted octanol–water partition coefficient (Wildman–Crippen LogP) is 3.04. The van der Waals surface area contributed by atoms with E-state index in [-0.39, 0.29) is 35.3 Å². The van der Waals surface area contributed by atoms with Crippen LogP contribution in [0.1, 0.15) is 83.7 Å². The van der Waals surface area contributed by atoms with Gasteiger partial charge >= 0.3 is 0 Å². The first-order valence-corrected chi connectivity index (χ1v) is 12.1. The summed E-state index contributed by atoms with van der Waals surface area (Å²) < 4.78 is 10.4. The van der Waals surface area contributed by atoms with Crippen molar-refractivity contribution in [2.45, 2.75) is 79.7 Å². The van der Waals surface area contributed by atoms with E-state index in [1.807, 2.05) is 13.8 Å². The second kappa shape index (κ2) is 12.3. The van der Waals surface area contributed by atoms with E-state index in [9.17, 15) is 14.4 Å². The topological polar surface area (TPSA) is 115 Å². The van der Waals surface area contributed by atoms with Gasteiger partial charge in [-0.3, -0.25) is 14.4 Å². The Bertz CT molecular complexity index is 799. The highest BCUT2D eigenvalue weighted by Gasteiger charge is 2.34. The molecule has 2 amide bonds.